The number of nitrogens with one attached hydrogen (secondary N) is 1. The molecule has 0 aliphatic carbocycles. The Labute approximate surface area is 118 Å². The quantitative estimate of drug-likeness (QED) is 0.602. The second kappa shape index (κ2) is 8.51. The molecule has 1 heterocycles. The zero-order valence-corrected chi connectivity index (χ0v) is 12.7. The summed E-state index contributed by atoms with van der Waals surface area (Å²) in [6, 6.07) is -0.389. The van der Waals surface area contributed by atoms with Crippen LogP contribution in [0.3, 0.4) is 0 Å². The molecule has 1 rings (SSSR count). The number of nitrogens with zero attached hydrogens (tertiary/aromatic N) is 1. The molecule has 0 saturated carbocycles. The van der Waals surface area contributed by atoms with E-state index in [2.05, 4.69) is 21.2 Å². The number of carbonyl (C=O) groups excluding carboxylic acids is 2. The van der Waals surface area contributed by atoms with Gasteiger partial charge in [0, 0.05) is 24.8 Å². The Bertz CT molecular complexity index is 278. The van der Waals surface area contributed by atoms with Crippen LogP contribution in [0.5, 0.6) is 0 Å². The molecule has 104 valence electrons. The van der Waals surface area contributed by atoms with E-state index in [9.17, 15) is 9.59 Å². The molecule has 0 aromatic heterocycles. The third-order valence-corrected chi connectivity index (χ3v) is 3.76. The van der Waals surface area contributed by atoms with Gasteiger partial charge in [-0.2, -0.15) is 0 Å². The number of halogens is 1. The van der Waals surface area contributed by atoms with Crippen molar-refractivity contribution in [3.63, 3.8) is 0 Å². The zero-order valence-electron chi connectivity index (χ0n) is 11.1. The van der Waals surface area contributed by atoms with Crippen LogP contribution < -0.4 is 5.32 Å². The normalized spacial score (nSPS) is 17.3. The van der Waals surface area contributed by atoms with Crippen molar-refractivity contribution in [2.45, 2.75) is 51.5 Å². The van der Waals surface area contributed by atoms with Gasteiger partial charge in [-0.05, 0) is 39.0 Å². The maximum Gasteiger partial charge on any atom is 0.244 e. The molecule has 2 amide bonds. The van der Waals surface area contributed by atoms with Crippen molar-refractivity contribution in [2.75, 3.05) is 18.4 Å². The molecule has 4 nitrogen and oxygen atoms in total. The molecule has 1 atom stereocenters. The Kier molecular flexibility index (Phi) is 7.32. The van der Waals surface area contributed by atoms with Crippen LogP contribution in [0.15, 0.2) is 0 Å². The van der Waals surface area contributed by atoms with Gasteiger partial charge >= 0.3 is 0 Å². The van der Waals surface area contributed by atoms with E-state index >= 15 is 0 Å². The number of amides is 2. The summed E-state index contributed by atoms with van der Waals surface area (Å²) in [6.07, 6.45) is 5.72. The minimum atomic E-state index is -0.389. The van der Waals surface area contributed by atoms with Gasteiger partial charge in [0.05, 0.1) is 0 Å². The number of alkyl halides is 1. The fourth-order valence-corrected chi connectivity index (χ4v) is 2.54. The fraction of sp³-hybridized carbons (Fsp3) is 0.846. The van der Waals surface area contributed by atoms with Crippen molar-refractivity contribution in [1.82, 2.24) is 10.2 Å². The largest absolute Gasteiger partial charge is 0.345 e. The summed E-state index contributed by atoms with van der Waals surface area (Å²) in [5.74, 6) is 0.0392. The first-order valence-electron chi connectivity index (χ1n) is 6.79. The van der Waals surface area contributed by atoms with Gasteiger partial charge in [0.1, 0.15) is 6.04 Å². The van der Waals surface area contributed by atoms with Crippen LogP contribution >= 0.6 is 15.9 Å². The van der Waals surface area contributed by atoms with Gasteiger partial charge in [0.2, 0.25) is 11.8 Å². The topological polar surface area (TPSA) is 49.4 Å². The molecule has 0 spiro atoms. The maximum absolute atomic E-state index is 12.1. The van der Waals surface area contributed by atoms with Crippen molar-refractivity contribution in [3.8, 4) is 0 Å². The van der Waals surface area contributed by atoms with Crippen LogP contribution in [-0.2, 0) is 9.59 Å². The monoisotopic (exact) mass is 318 g/mol. The van der Waals surface area contributed by atoms with Gasteiger partial charge in [-0.15, -0.1) is 0 Å². The van der Waals surface area contributed by atoms with Crippen LogP contribution in [0.4, 0.5) is 0 Å². The first-order chi connectivity index (χ1) is 8.65. The fourth-order valence-electron chi connectivity index (χ4n) is 2.14. The molecular formula is C13H23BrN2O2. The molecule has 1 N–H and O–H groups in total. The Balaban J connectivity index is 2.27. The van der Waals surface area contributed by atoms with E-state index in [1.807, 2.05) is 4.90 Å². The smallest absolute Gasteiger partial charge is 0.244 e. The molecule has 0 aromatic rings. The average Bonchev–Trinajstić information content (AvgIpc) is 2.39. The van der Waals surface area contributed by atoms with Crippen molar-refractivity contribution in [1.29, 1.82) is 0 Å². The van der Waals surface area contributed by atoms with Crippen LogP contribution in [0.2, 0.25) is 0 Å². The Hall–Kier alpha value is -0.580. The predicted octanol–water partition coefficient (Wildman–Crippen LogP) is 2.07. The highest BCUT2D eigenvalue weighted by molar-refractivity contribution is 9.09. The van der Waals surface area contributed by atoms with Gasteiger partial charge in [-0.3, -0.25) is 9.59 Å². The maximum atomic E-state index is 12.1. The Morgan fingerprint density at radius 2 is 1.89 bits per heavy atom. The molecule has 1 unspecified atom stereocenters. The molecule has 1 fully saturated rings. The minimum Gasteiger partial charge on any atom is -0.345 e. The number of rotatable bonds is 6. The van der Waals surface area contributed by atoms with Crippen molar-refractivity contribution < 1.29 is 9.59 Å². The molecule has 18 heavy (non-hydrogen) atoms. The van der Waals surface area contributed by atoms with E-state index in [1.54, 1.807) is 6.92 Å². The first-order valence-corrected chi connectivity index (χ1v) is 7.91. The SMILES string of the molecule is CC(NC(=O)CCCCBr)C(=O)N1CCCCC1. The predicted molar refractivity (Wildman–Crippen MR) is 75.7 cm³/mol. The van der Waals surface area contributed by atoms with E-state index in [4.69, 9.17) is 0 Å². The highest BCUT2D eigenvalue weighted by Crippen LogP contribution is 2.10. The minimum absolute atomic E-state index is 0.0196. The Morgan fingerprint density at radius 1 is 1.22 bits per heavy atom. The highest BCUT2D eigenvalue weighted by atomic mass is 79.9. The Morgan fingerprint density at radius 3 is 2.50 bits per heavy atom. The molecule has 1 saturated heterocycles. The van der Waals surface area contributed by atoms with Crippen LogP contribution in [-0.4, -0.2) is 41.2 Å². The van der Waals surface area contributed by atoms with E-state index in [-0.39, 0.29) is 17.9 Å². The average molecular weight is 319 g/mol. The lowest BCUT2D eigenvalue weighted by Crippen LogP contribution is -2.48. The van der Waals surface area contributed by atoms with Gasteiger partial charge in [0.25, 0.3) is 0 Å². The summed E-state index contributed by atoms with van der Waals surface area (Å²) < 4.78 is 0. The number of carbonyl (C=O) groups is 2. The number of unbranched alkanes of at least 4 members (excludes halogenated alkanes) is 1. The van der Waals surface area contributed by atoms with Crippen LogP contribution in [0.1, 0.15) is 45.4 Å². The summed E-state index contributed by atoms with van der Waals surface area (Å²) >= 11 is 3.33. The second-order valence-electron chi connectivity index (χ2n) is 4.82. The molecule has 1 aliphatic heterocycles. The van der Waals surface area contributed by atoms with Crippen molar-refractivity contribution in [2.24, 2.45) is 0 Å². The zero-order chi connectivity index (χ0) is 13.4. The summed E-state index contributed by atoms with van der Waals surface area (Å²) in [4.78, 5) is 25.6. The first kappa shape index (κ1) is 15.5. The molecular weight excluding hydrogens is 296 g/mol. The third kappa shape index (κ3) is 5.38. The van der Waals surface area contributed by atoms with E-state index < -0.39 is 0 Å². The number of hydrogen-bond donors (Lipinski definition) is 1. The lowest BCUT2D eigenvalue weighted by molar-refractivity contribution is -0.136. The number of piperidine rings is 1. The van der Waals surface area contributed by atoms with Gasteiger partial charge in [-0.1, -0.05) is 15.9 Å². The third-order valence-electron chi connectivity index (χ3n) is 3.20. The van der Waals surface area contributed by atoms with Gasteiger partial charge in [-0.25, -0.2) is 0 Å². The van der Waals surface area contributed by atoms with Gasteiger partial charge in [0.15, 0.2) is 0 Å². The molecule has 0 aromatic carbocycles. The number of hydrogen-bond acceptors (Lipinski definition) is 2. The molecule has 5 heteroatoms. The number of likely N-dealkylation sites (tertiary alicyclic amines) is 1. The molecule has 1 aliphatic rings. The van der Waals surface area contributed by atoms with Crippen molar-refractivity contribution >= 4 is 27.7 Å². The van der Waals surface area contributed by atoms with E-state index in [0.29, 0.717) is 6.42 Å². The molecule has 0 bridgehead atoms. The van der Waals surface area contributed by atoms with E-state index in [0.717, 1.165) is 44.1 Å². The van der Waals surface area contributed by atoms with Gasteiger partial charge < -0.3 is 10.2 Å². The van der Waals surface area contributed by atoms with Crippen molar-refractivity contribution in [3.05, 3.63) is 0 Å². The molecule has 0 radical (unpaired) electrons. The standard InChI is InChI=1S/C13H23BrN2O2/c1-11(15-12(17)7-3-4-8-14)13(18)16-9-5-2-6-10-16/h11H,2-10H2,1H3,(H,15,17). The highest BCUT2D eigenvalue weighted by Gasteiger charge is 2.22. The summed E-state index contributed by atoms with van der Waals surface area (Å²) in [5.41, 5.74) is 0. The van der Waals surface area contributed by atoms with Crippen LogP contribution in [0.25, 0.3) is 0 Å². The van der Waals surface area contributed by atoms with Crippen LogP contribution in [0, 0.1) is 0 Å². The summed E-state index contributed by atoms with van der Waals surface area (Å²) in [6.45, 7) is 3.45. The summed E-state index contributed by atoms with van der Waals surface area (Å²) in [5, 5.41) is 3.71. The lowest BCUT2D eigenvalue weighted by atomic mass is 10.1. The lowest BCUT2D eigenvalue weighted by Gasteiger charge is -2.29. The summed E-state index contributed by atoms with van der Waals surface area (Å²) in [7, 11) is 0. The van der Waals surface area contributed by atoms with E-state index in [1.165, 1.54) is 6.42 Å². The second-order valence-corrected chi connectivity index (χ2v) is 5.61.